The van der Waals surface area contributed by atoms with Gasteiger partial charge in [-0.1, -0.05) is 13.8 Å². The average molecular weight is 155 g/mol. The molecule has 2 atom stereocenters. The fourth-order valence-corrected chi connectivity index (χ4v) is 1.38. The number of hydrogen-bond donors (Lipinski definition) is 1. The highest BCUT2D eigenvalue weighted by atomic mass is 16.3. The Morgan fingerprint density at radius 3 is 2.82 bits per heavy atom. The summed E-state index contributed by atoms with van der Waals surface area (Å²) < 4.78 is 0. The van der Waals surface area contributed by atoms with E-state index < -0.39 is 5.72 Å². The summed E-state index contributed by atoms with van der Waals surface area (Å²) in [4.78, 5) is 14.3. The molecule has 1 aliphatic heterocycles. The maximum absolute atomic E-state index is 10.3. The van der Waals surface area contributed by atoms with E-state index in [0.29, 0.717) is 18.6 Å². The molecule has 3 nitrogen and oxygen atoms in total. The lowest BCUT2D eigenvalue weighted by molar-refractivity contribution is -0.102. The van der Waals surface area contributed by atoms with Crippen molar-refractivity contribution in [3.05, 3.63) is 0 Å². The van der Waals surface area contributed by atoms with E-state index in [9.17, 15) is 9.90 Å². The minimum atomic E-state index is -0.976. The van der Waals surface area contributed by atoms with Crippen LogP contribution in [0.3, 0.4) is 0 Å². The summed E-state index contributed by atoms with van der Waals surface area (Å²) in [5.41, 5.74) is -0.488. The van der Waals surface area contributed by atoms with Gasteiger partial charge in [-0.25, -0.2) is 0 Å². The molecule has 0 bridgehead atoms. The fraction of sp³-hybridized carbons (Fsp3) is 0.750. The van der Waals surface area contributed by atoms with Crippen molar-refractivity contribution in [2.24, 2.45) is 10.9 Å². The lowest BCUT2D eigenvalue weighted by Gasteiger charge is -2.22. The third-order valence-corrected chi connectivity index (χ3v) is 2.30. The summed E-state index contributed by atoms with van der Waals surface area (Å²) in [6, 6.07) is 0. The van der Waals surface area contributed by atoms with Crippen LogP contribution in [0, 0.1) is 5.92 Å². The predicted molar refractivity (Wildman–Crippen MR) is 42.5 cm³/mol. The van der Waals surface area contributed by atoms with Crippen LogP contribution in [-0.4, -0.2) is 22.8 Å². The van der Waals surface area contributed by atoms with Crippen LogP contribution in [0.25, 0.3) is 0 Å². The molecule has 0 aliphatic carbocycles. The monoisotopic (exact) mass is 155 g/mol. The van der Waals surface area contributed by atoms with Crippen LogP contribution >= 0.6 is 0 Å². The molecule has 0 fully saturated rings. The molecule has 3 heteroatoms. The largest absolute Gasteiger partial charge is 0.369 e. The second-order valence-electron chi connectivity index (χ2n) is 3.06. The van der Waals surface area contributed by atoms with Crippen LogP contribution in [-0.2, 0) is 4.79 Å². The molecule has 0 saturated carbocycles. The van der Waals surface area contributed by atoms with Crippen molar-refractivity contribution in [2.45, 2.75) is 32.4 Å². The Balaban J connectivity index is 2.82. The Morgan fingerprint density at radius 2 is 2.55 bits per heavy atom. The molecule has 0 saturated heterocycles. The van der Waals surface area contributed by atoms with Crippen molar-refractivity contribution < 1.29 is 9.90 Å². The van der Waals surface area contributed by atoms with Crippen molar-refractivity contribution in [2.75, 3.05) is 0 Å². The van der Waals surface area contributed by atoms with E-state index >= 15 is 0 Å². The van der Waals surface area contributed by atoms with Gasteiger partial charge in [0, 0.05) is 5.92 Å². The fourth-order valence-electron chi connectivity index (χ4n) is 1.38. The molecule has 1 rings (SSSR count). The van der Waals surface area contributed by atoms with Crippen molar-refractivity contribution in [3.8, 4) is 0 Å². The summed E-state index contributed by atoms with van der Waals surface area (Å²) in [7, 11) is 0. The van der Waals surface area contributed by atoms with E-state index in [1.165, 1.54) is 0 Å². The Bertz CT molecular complexity index is 200. The first kappa shape index (κ1) is 8.40. The zero-order valence-electron chi connectivity index (χ0n) is 6.87. The third-order valence-electron chi connectivity index (χ3n) is 2.30. The number of hydrogen-bond acceptors (Lipinski definition) is 3. The van der Waals surface area contributed by atoms with Gasteiger partial charge in [0.1, 0.15) is 0 Å². The maximum Gasteiger partial charge on any atom is 0.163 e. The Labute approximate surface area is 66.1 Å². The van der Waals surface area contributed by atoms with Crippen LogP contribution in [0.15, 0.2) is 4.99 Å². The quantitative estimate of drug-likeness (QED) is 0.598. The molecule has 0 aromatic carbocycles. The Hall–Kier alpha value is -0.700. The van der Waals surface area contributed by atoms with Gasteiger partial charge in [0.2, 0.25) is 0 Å². The average Bonchev–Trinajstić information content (AvgIpc) is 2.29. The molecule has 62 valence electrons. The van der Waals surface area contributed by atoms with E-state index in [0.717, 1.165) is 6.29 Å². The van der Waals surface area contributed by atoms with E-state index in [1.54, 1.807) is 0 Å². The summed E-state index contributed by atoms with van der Waals surface area (Å²) in [5, 5.41) is 9.72. The molecule has 1 heterocycles. The van der Waals surface area contributed by atoms with Crippen LogP contribution in [0.2, 0.25) is 0 Å². The summed E-state index contributed by atoms with van der Waals surface area (Å²) in [5.74, 6) is 0.0766. The number of aliphatic imine (C=N–C) groups is 1. The molecule has 0 amide bonds. The van der Waals surface area contributed by atoms with E-state index in [4.69, 9.17) is 0 Å². The lowest BCUT2D eigenvalue weighted by atomic mass is 9.95. The summed E-state index contributed by atoms with van der Waals surface area (Å²) >= 11 is 0. The molecule has 1 aliphatic rings. The zero-order valence-corrected chi connectivity index (χ0v) is 6.87. The van der Waals surface area contributed by atoms with Gasteiger partial charge >= 0.3 is 0 Å². The number of aldehydes is 1. The first-order valence-corrected chi connectivity index (χ1v) is 3.88. The SMILES string of the molecule is CCC1(O)N=C(C=O)CC1C. The molecule has 0 aromatic heterocycles. The summed E-state index contributed by atoms with van der Waals surface area (Å²) in [6.07, 6.45) is 1.91. The van der Waals surface area contributed by atoms with E-state index in [1.807, 2.05) is 13.8 Å². The van der Waals surface area contributed by atoms with Gasteiger partial charge in [-0.15, -0.1) is 0 Å². The van der Waals surface area contributed by atoms with E-state index in [-0.39, 0.29) is 5.92 Å². The predicted octanol–water partition coefficient (Wildman–Crippen LogP) is 0.765. The highest BCUT2D eigenvalue weighted by Gasteiger charge is 2.37. The topological polar surface area (TPSA) is 49.7 Å². The van der Waals surface area contributed by atoms with Gasteiger partial charge in [0.15, 0.2) is 12.0 Å². The van der Waals surface area contributed by atoms with Gasteiger partial charge in [-0.05, 0) is 12.8 Å². The molecule has 0 radical (unpaired) electrons. The zero-order chi connectivity index (χ0) is 8.48. The number of carbonyl (C=O) groups is 1. The van der Waals surface area contributed by atoms with Gasteiger partial charge in [-0.2, -0.15) is 0 Å². The second kappa shape index (κ2) is 2.74. The van der Waals surface area contributed by atoms with Crippen LogP contribution in [0.5, 0.6) is 0 Å². The normalized spacial score (nSPS) is 37.0. The molecule has 11 heavy (non-hydrogen) atoms. The van der Waals surface area contributed by atoms with Crippen molar-refractivity contribution in [1.29, 1.82) is 0 Å². The molecule has 2 unspecified atom stereocenters. The number of rotatable bonds is 2. The highest BCUT2D eigenvalue weighted by molar-refractivity contribution is 6.29. The van der Waals surface area contributed by atoms with Crippen molar-refractivity contribution in [3.63, 3.8) is 0 Å². The number of aliphatic hydroxyl groups is 1. The Morgan fingerprint density at radius 1 is 1.91 bits per heavy atom. The van der Waals surface area contributed by atoms with Gasteiger partial charge in [0.25, 0.3) is 0 Å². The molecule has 0 aromatic rings. The minimum Gasteiger partial charge on any atom is -0.369 e. The van der Waals surface area contributed by atoms with Crippen LogP contribution in [0.4, 0.5) is 0 Å². The maximum atomic E-state index is 10.3. The molecular weight excluding hydrogens is 142 g/mol. The standard InChI is InChI=1S/C8H13NO2/c1-3-8(11)6(2)4-7(5-10)9-8/h5-6,11H,3-4H2,1-2H3. The molecular formula is C8H13NO2. The van der Waals surface area contributed by atoms with Gasteiger partial charge < -0.3 is 5.11 Å². The van der Waals surface area contributed by atoms with Crippen LogP contribution < -0.4 is 0 Å². The molecule has 1 N–H and O–H groups in total. The lowest BCUT2D eigenvalue weighted by Crippen LogP contribution is -2.29. The summed E-state index contributed by atoms with van der Waals surface area (Å²) in [6.45, 7) is 3.78. The van der Waals surface area contributed by atoms with Gasteiger partial charge in [-0.3, -0.25) is 9.79 Å². The number of nitrogens with zero attached hydrogens (tertiary/aromatic N) is 1. The second-order valence-corrected chi connectivity index (χ2v) is 3.06. The number of carbonyl (C=O) groups excluding carboxylic acids is 1. The Kier molecular flexibility index (Phi) is 2.09. The van der Waals surface area contributed by atoms with Crippen molar-refractivity contribution >= 4 is 12.0 Å². The smallest absolute Gasteiger partial charge is 0.163 e. The third kappa shape index (κ3) is 1.33. The molecule has 0 spiro atoms. The highest BCUT2D eigenvalue weighted by Crippen LogP contribution is 2.31. The van der Waals surface area contributed by atoms with Crippen molar-refractivity contribution in [1.82, 2.24) is 0 Å². The minimum absolute atomic E-state index is 0.0766. The first-order valence-electron chi connectivity index (χ1n) is 3.88. The first-order chi connectivity index (χ1) is 5.12. The van der Waals surface area contributed by atoms with Gasteiger partial charge in [0.05, 0.1) is 5.71 Å². The van der Waals surface area contributed by atoms with E-state index in [2.05, 4.69) is 4.99 Å². The van der Waals surface area contributed by atoms with Crippen LogP contribution in [0.1, 0.15) is 26.7 Å².